The van der Waals surface area contributed by atoms with E-state index < -0.39 is 5.54 Å². The summed E-state index contributed by atoms with van der Waals surface area (Å²) in [5.74, 6) is -0.000630. The zero-order valence-electron chi connectivity index (χ0n) is 12.3. The number of anilines is 1. The zero-order valence-corrected chi connectivity index (χ0v) is 13.0. The highest BCUT2D eigenvalue weighted by molar-refractivity contribution is 6.31. The fraction of sp³-hybridized carbons (Fsp3) is 0.533. The van der Waals surface area contributed by atoms with Crippen molar-refractivity contribution in [2.24, 2.45) is 0 Å². The van der Waals surface area contributed by atoms with Gasteiger partial charge in [-0.15, -0.1) is 0 Å². The molecule has 1 fully saturated rings. The number of carbonyl (C=O) groups is 1. The number of hydrogen-bond acceptors (Lipinski definition) is 3. The number of nitrogens with one attached hydrogen (secondary N) is 2. The van der Waals surface area contributed by atoms with Crippen molar-refractivity contribution in [3.05, 3.63) is 28.8 Å². The maximum absolute atomic E-state index is 12.5. The highest BCUT2D eigenvalue weighted by Gasteiger charge is 2.35. The van der Waals surface area contributed by atoms with Crippen LogP contribution in [0.25, 0.3) is 0 Å². The molecule has 5 heteroatoms. The molecule has 1 aliphatic heterocycles. The van der Waals surface area contributed by atoms with Crippen LogP contribution in [-0.4, -0.2) is 42.5 Å². The van der Waals surface area contributed by atoms with Crippen molar-refractivity contribution in [1.29, 1.82) is 0 Å². The Morgan fingerprint density at radius 1 is 1.35 bits per heavy atom. The lowest BCUT2D eigenvalue weighted by molar-refractivity contribution is -0.126. The number of halogens is 1. The van der Waals surface area contributed by atoms with Crippen LogP contribution in [0.5, 0.6) is 0 Å². The summed E-state index contributed by atoms with van der Waals surface area (Å²) in [4.78, 5) is 14.7. The van der Waals surface area contributed by atoms with E-state index in [2.05, 4.69) is 15.5 Å². The van der Waals surface area contributed by atoms with E-state index in [1.165, 1.54) is 0 Å². The Bertz CT molecular complexity index is 496. The molecule has 0 aromatic heterocycles. The Hall–Kier alpha value is -1.10. The quantitative estimate of drug-likeness (QED) is 0.899. The number of hydrogen-bond donors (Lipinski definition) is 2. The van der Waals surface area contributed by atoms with Crippen LogP contribution in [0.4, 0.5) is 5.69 Å². The summed E-state index contributed by atoms with van der Waals surface area (Å²) in [5.41, 5.74) is 1.22. The van der Waals surface area contributed by atoms with Gasteiger partial charge in [-0.3, -0.25) is 9.69 Å². The summed E-state index contributed by atoms with van der Waals surface area (Å²) in [6.45, 7) is 9.48. The minimum absolute atomic E-state index is 0.000630. The van der Waals surface area contributed by atoms with Gasteiger partial charge in [0, 0.05) is 36.9 Å². The number of nitrogens with zero attached hydrogens (tertiary/aromatic N) is 1. The summed E-state index contributed by atoms with van der Waals surface area (Å²) in [5, 5.41) is 6.93. The number of benzene rings is 1. The van der Waals surface area contributed by atoms with Gasteiger partial charge in [-0.2, -0.15) is 0 Å². The van der Waals surface area contributed by atoms with Crippen molar-refractivity contribution in [1.82, 2.24) is 10.2 Å². The molecule has 0 saturated carbocycles. The van der Waals surface area contributed by atoms with E-state index in [1.54, 1.807) is 6.07 Å². The van der Waals surface area contributed by atoms with Crippen LogP contribution in [0.2, 0.25) is 5.02 Å². The molecule has 0 atom stereocenters. The van der Waals surface area contributed by atoms with Crippen molar-refractivity contribution < 1.29 is 4.79 Å². The summed E-state index contributed by atoms with van der Waals surface area (Å²) in [6.07, 6.45) is 0. The molecule has 1 amide bonds. The lowest BCUT2D eigenvalue weighted by Gasteiger charge is -2.39. The molecular formula is C15H22ClN3O. The van der Waals surface area contributed by atoms with Crippen molar-refractivity contribution in [3.8, 4) is 0 Å². The molecule has 0 unspecified atom stereocenters. The monoisotopic (exact) mass is 295 g/mol. The second-order valence-electron chi connectivity index (χ2n) is 5.71. The molecule has 1 aromatic rings. The first-order valence-electron chi connectivity index (χ1n) is 6.94. The van der Waals surface area contributed by atoms with Gasteiger partial charge in [0.2, 0.25) is 5.91 Å². The summed E-state index contributed by atoms with van der Waals surface area (Å²) < 4.78 is 0. The Morgan fingerprint density at radius 2 is 2.00 bits per heavy atom. The third-order valence-electron chi connectivity index (χ3n) is 3.89. The molecule has 1 saturated heterocycles. The number of piperazine rings is 1. The molecule has 1 aliphatic rings. The molecule has 2 rings (SSSR count). The van der Waals surface area contributed by atoms with Crippen LogP contribution in [0.3, 0.4) is 0 Å². The number of carbonyl (C=O) groups excluding carboxylic acids is 1. The second-order valence-corrected chi connectivity index (χ2v) is 6.12. The fourth-order valence-corrected chi connectivity index (χ4v) is 2.50. The van der Waals surface area contributed by atoms with Gasteiger partial charge in [0.1, 0.15) is 0 Å². The number of amides is 1. The van der Waals surface area contributed by atoms with Crippen LogP contribution in [0.15, 0.2) is 18.2 Å². The Kier molecular flexibility index (Phi) is 4.68. The average Bonchev–Trinajstić information content (AvgIpc) is 2.44. The average molecular weight is 296 g/mol. The summed E-state index contributed by atoms with van der Waals surface area (Å²) >= 11 is 6.09. The Morgan fingerprint density at radius 3 is 2.60 bits per heavy atom. The second kappa shape index (κ2) is 6.12. The van der Waals surface area contributed by atoms with Gasteiger partial charge in [-0.1, -0.05) is 17.7 Å². The number of aryl methyl sites for hydroxylation is 1. The van der Waals surface area contributed by atoms with Crippen LogP contribution >= 0.6 is 11.6 Å². The van der Waals surface area contributed by atoms with Gasteiger partial charge < -0.3 is 10.6 Å². The first-order valence-corrected chi connectivity index (χ1v) is 7.32. The van der Waals surface area contributed by atoms with Crippen LogP contribution in [0.1, 0.15) is 19.4 Å². The lowest BCUT2D eigenvalue weighted by atomic mass is 10.00. The van der Waals surface area contributed by atoms with Gasteiger partial charge in [-0.05, 0) is 38.5 Å². The zero-order chi connectivity index (χ0) is 14.8. The molecule has 1 aromatic carbocycles. The van der Waals surface area contributed by atoms with E-state index in [0.29, 0.717) is 5.02 Å². The Balaban J connectivity index is 2.07. The molecule has 0 radical (unpaired) electrons. The predicted molar refractivity (Wildman–Crippen MR) is 83.3 cm³/mol. The maximum atomic E-state index is 12.5. The van der Waals surface area contributed by atoms with Gasteiger partial charge in [-0.25, -0.2) is 0 Å². The molecule has 0 spiro atoms. The minimum atomic E-state index is -0.528. The summed E-state index contributed by atoms with van der Waals surface area (Å²) in [6, 6.07) is 5.59. The molecule has 4 nitrogen and oxygen atoms in total. The summed E-state index contributed by atoms with van der Waals surface area (Å²) in [7, 11) is 0. The third-order valence-corrected chi connectivity index (χ3v) is 4.30. The van der Waals surface area contributed by atoms with Crippen LogP contribution in [-0.2, 0) is 4.79 Å². The van der Waals surface area contributed by atoms with Crippen molar-refractivity contribution in [3.63, 3.8) is 0 Å². The van der Waals surface area contributed by atoms with Gasteiger partial charge >= 0.3 is 0 Å². The lowest BCUT2D eigenvalue weighted by Crippen LogP contribution is -2.58. The van der Waals surface area contributed by atoms with Crippen molar-refractivity contribution >= 4 is 23.2 Å². The molecular weight excluding hydrogens is 274 g/mol. The van der Waals surface area contributed by atoms with Crippen LogP contribution in [0, 0.1) is 6.92 Å². The van der Waals surface area contributed by atoms with Crippen molar-refractivity contribution in [2.45, 2.75) is 26.3 Å². The van der Waals surface area contributed by atoms with E-state index in [0.717, 1.165) is 37.4 Å². The van der Waals surface area contributed by atoms with E-state index in [1.807, 2.05) is 32.9 Å². The fourth-order valence-electron chi connectivity index (χ4n) is 2.32. The van der Waals surface area contributed by atoms with Crippen molar-refractivity contribution in [2.75, 3.05) is 31.5 Å². The minimum Gasteiger partial charge on any atom is -0.324 e. The van der Waals surface area contributed by atoms with E-state index in [9.17, 15) is 4.79 Å². The topological polar surface area (TPSA) is 44.4 Å². The normalized spacial score (nSPS) is 17.0. The van der Waals surface area contributed by atoms with Crippen LogP contribution < -0.4 is 10.6 Å². The molecule has 110 valence electrons. The van der Waals surface area contributed by atoms with Gasteiger partial charge in [0.25, 0.3) is 0 Å². The molecule has 0 aliphatic carbocycles. The highest BCUT2D eigenvalue weighted by Crippen LogP contribution is 2.22. The molecule has 0 bridgehead atoms. The largest absolute Gasteiger partial charge is 0.324 e. The smallest absolute Gasteiger partial charge is 0.244 e. The van der Waals surface area contributed by atoms with Gasteiger partial charge in [0.15, 0.2) is 0 Å². The highest BCUT2D eigenvalue weighted by atomic mass is 35.5. The van der Waals surface area contributed by atoms with E-state index in [4.69, 9.17) is 11.6 Å². The standard InChI is InChI=1S/C15H22ClN3O/c1-11-4-5-12(10-13(11)16)18-14(20)15(2,3)19-8-6-17-7-9-19/h4-5,10,17H,6-9H2,1-3H3,(H,18,20). The first-order chi connectivity index (χ1) is 9.41. The predicted octanol–water partition coefficient (Wildman–Crippen LogP) is 2.27. The first kappa shape index (κ1) is 15.3. The van der Waals surface area contributed by atoms with Gasteiger partial charge in [0.05, 0.1) is 5.54 Å². The van der Waals surface area contributed by atoms with E-state index >= 15 is 0 Å². The third kappa shape index (κ3) is 3.32. The Labute approximate surface area is 125 Å². The van der Waals surface area contributed by atoms with E-state index in [-0.39, 0.29) is 5.91 Å². The molecule has 20 heavy (non-hydrogen) atoms. The SMILES string of the molecule is Cc1ccc(NC(=O)C(C)(C)N2CCNCC2)cc1Cl. The maximum Gasteiger partial charge on any atom is 0.244 e. The molecule has 1 heterocycles. The molecule has 2 N–H and O–H groups in total. The number of rotatable bonds is 3.